The number of nitrogens with zero attached hydrogens (tertiary/aromatic N) is 2. The van der Waals surface area contributed by atoms with Crippen molar-refractivity contribution in [2.75, 3.05) is 19.6 Å². The predicted octanol–water partition coefficient (Wildman–Crippen LogP) is 2.78. The quantitative estimate of drug-likeness (QED) is 0.734. The smallest absolute Gasteiger partial charge is 0.229 e. The minimum absolute atomic E-state index is 0.0345. The van der Waals surface area contributed by atoms with Crippen LogP contribution in [-0.2, 0) is 24.1 Å². The number of hydrogen-bond donors (Lipinski definition) is 2. The van der Waals surface area contributed by atoms with Crippen molar-refractivity contribution in [3.8, 4) is 0 Å². The SMILES string of the molecule is O=C(Cc1ccc(CC2CCNC2)cc1)NCCc1noc(C2CCCC2)n1. The van der Waals surface area contributed by atoms with E-state index in [2.05, 4.69) is 45.0 Å². The molecule has 1 amide bonds. The van der Waals surface area contributed by atoms with Gasteiger partial charge in [0.25, 0.3) is 0 Å². The van der Waals surface area contributed by atoms with Gasteiger partial charge in [-0.1, -0.05) is 42.3 Å². The molecule has 1 aromatic heterocycles. The molecular formula is C22H30N4O2. The van der Waals surface area contributed by atoms with Gasteiger partial charge in [-0.2, -0.15) is 4.98 Å². The minimum Gasteiger partial charge on any atom is -0.355 e. The summed E-state index contributed by atoms with van der Waals surface area (Å²) in [6.07, 6.45) is 8.18. The van der Waals surface area contributed by atoms with E-state index in [9.17, 15) is 4.79 Å². The molecule has 2 aliphatic rings. The van der Waals surface area contributed by atoms with Crippen LogP contribution < -0.4 is 10.6 Å². The Balaban J connectivity index is 1.18. The highest BCUT2D eigenvalue weighted by atomic mass is 16.5. The zero-order valence-corrected chi connectivity index (χ0v) is 16.5. The van der Waals surface area contributed by atoms with Gasteiger partial charge < -0.3 is 15.2 Å². The molecule has 28 heavy (non-hydrogen) atoms. The van der Waals surface area contributed by atoms with Crippen LogP contribution in [0.3, 0.4) is 0 Å². The van der Waals surface area contributed by atoms with Gasteiger partial charge in [0.2, 0.25) is 11.8 Å². The number of nitrogens with one attached hydrogen (secondary N) is 2. The molecule has 150 valence electrons. The number of benzene rings is 1. The monoisotopic (exact) mass is 382 g/mol. The molecule has 1 aliphatic carbocycles. The van der Waals surface area contributed by atoms with Gasteiger partial charge in [0.15, 0.2) is 5.82 Å². The molecule has 2 heterocycles. The van der Waals surface area contributed by atoms with Crippen molar-refractivity contribution < 1.29 is 9.32 Å². The first kappa shape index (κ1) is 19.1. The van der Waals surface area contributed by atoms with Gasteiger partial charge in [-0.05, 0) is 55.8 Å². The summed E-state index contributed by atoms with van der Waals surface area (Å²) in [5.74, 6) is 2.67. The molecule has 0 radical (unpaired) electrons. The molecule has 1 saturated carbocycles. The number of carbonyl (C=O) groups excluding carboxylic acids is 1. The molecule has 1 saturated heterocycles. The van der Waals surface area contributed by atoms with Gasteiger partial charge in [0.1, 0.15) is 0 Å². The number of rotatable bonds is 8. The maximum absolute atomic E-state index is 12.2. The Morgan fingerprint density at radius 1 is 1.14 bits per heavy atom. The normalized spacial score (nSPS) is 19.9. The van der Waals surface area contributed by atoms with Crippen LogP contribution >= 0.6 is 0 Å². The van der Waals surface area contributed by atoms with Gasteiger partial charge in [-0.15, -0.1) is 0 Å². The van der Waals surface area contributed by atoms with Gasteiger partial charge in [-0.25, -0.2) is 0 Å². The van der Waals surface area contributed by atoms with E-state index >= 15 is 0 Å². The summed E-state index contributed by atoms with van der Waals surface area (Å²) in [4.78, 5) is 16.7. The van der Waals surface area contributed by atoms with Crippen LogP contribution in [-0.4, -0.2) is 35.7 Å². The van der Waals surface area contributed by atoms with E-state index in [4.69, 9.17) is 4.52 Å². The summed E-state index contributed by atoms with van der Waals surface area (Å²) >= 11 is 0. The molecule has 1 aromatic carbocycles. The van der Waals surface area contributed by atoms with Crippen molar-refractivity contribution in [3.63, 3.8) is 0 Å². The van der Waals surface area contributed by atoms with Gasteiger partial charge >= 0.3 is 0 Å². The molecule has 1 unspecified atom stereocenters. The second kappa shape index (κ2) is 9.32. The largest absolute Gasteiger partial charge is 0.355 e. The lowest BCUT2D eigenvalue weighted by atomic mass is 9.97. The first-order valence-electron chi connectivity index (χ1n) is 10.6. The summed E-state index contributed by atoms with van der Waals surface area (Å²) in [5.41, 5.74) is 2.40. The molecule has 0 bridgehead atoms. The number of aromatic nitrogens is 2. The van der Waals surface area contributed by atoms with Crippen LogP contribution in [0.4, 0.5) is 0 Å². The fraction of sp³-hybridized carbons (Fsp3) is 0.591. The Hall–Kier alpha value is -2.21. The molecule has 0 spiro atoms. The molecule has 2 N–H and O–H groups in total. The van der Waals surface area contributed by atoms with Gasteiger partial charge in [0.05, 0.1) is 6.42 Å². The third-order valence-electron chi connectivity index (χ3n) is 5.93. The fourth-order valence-electron chi connectivity index (χ4n) is 4.28. The van der Waals surface area contributed by atoms with Crippen LogP contribution in [0.1, 0.15) is 60.9 Å². The Bertz CT molecular complexity index is 759. The molecule has 2 fully saturated rings. The zero-order valence-electron chi connectivity index (χ0n) is 16.5. The third kappa shape index (κ3) is 5.19. The standard InChI is InChI=1S/C22H30N4O2/c27-21(14-17-7-5-16(6-8-17)13-18-9-11-23-15-18)24-12-10-20-25-22(28-26-20)19-3-1-2-4-19/h5-8,18-19,23H,1-4,9-15H2,(H,24,27). The highest BCUT2D eigenvalue weighted by Crippen LogP contribution is 2.32. The summed E-state index contributed by atoms with van der Waals surface area (Å²) in [6, 6.07) is 8.46. The van der Waals surface area contributed by atoms with Crippen molar-refractivity contribution in [3.05, 3.63) is 47.1 Å². The number of amides is 1. The Kier molecular flexibility index (Phi) is 6.37. The summed E-state index contributed by atoms with van der Waals surface area (Å²) in [6.45, 7) is 2.79. The second-order valence-electron chi connectivity index (χ2n) is 8.19. The summed E-state index contributed by atoms with van der Waals surface area (Å²) < 4.78 is 5.38. The zero-order chi connectivity index (χ0) is 19.2. The lowest BCUT2D eigenvalue weighted by molar-refractivity contribution is -0.120. The van der Waals surface area contributed by atoms with E-state index < -0.39 is 0 Å². The first-order valence-corrected chi connectivity index (χ1v) is 10.6. The van der Waals surface area contributed by atoms with E-state index in [1.165, 1.54) is 24.8 Å². The van der Waals surface area contributed by atoms with Gasteiger partial charge in [-0.3, -0.25) is 4.79 Å². The molecule has 2 aromatic rings. The van der Waals surface area contributed by atoms with Crippen LogP contribution in [0.25, 0.3) is 0 Å². The molecular weight excluding hydrogens is 352 g/mol. The van der Waals surface area contributed by atoms with E-state index in [1.54, 1.807) is 0 Å². The van der Waals surface area contributed by atoms with Crippen molar-refractivity contribution in [2.45, 2.75) is 57.3 Å². The van der Waals surface area contributed by atoms with E-state index in [0.717, 1.165) is 49.7 Å². The summed E-state index contributed by atoms with van der Waals surface area (Å²) in [5, 5.41) is 10.4. The lowest BCUT2D eigenvalue weighted by Crippen LogP contribution is -2.27. The third-order valence-corrected chi connectivity index (χ3v) is 5.93. The molecule has 1 atom stereocenters. The first-order chi connectivity index (χ1) is 13.8. The minimum atomic E-state index is 0.0345. The van der Waals surface area contributed by atoms with Crippen LogP contribution in [0.2, 0.25) is 0 Å². The Morgan fingerprint density at radius 3 is 2.68 bits per heavy atom. The Labute approximate surface area is 166 Å². The average Bonchev–Trinajstić information content (AvgIpc) is 3.46. The average molecular weight is 383 g/mol. The number of carbonyl (C=O) groups is 1. The van der Waals surface area contributed by atoms with Crippen LogP contribution in [0, 0.1) is 5.92 Å². The van der Waals surface area contributed by atoms with Crippen LogP contribution in [0.5, 0.6) is 0 Å². The maximum atomic E-state index is 12.2. The maximum Gasteiger partial charge on any atom is 0.229 e. The molecule has 6 heteroatoms. The molecule has 4 rings (SSSR count). The lowest BCUT2D eigenvalue weighted by Gasteiger charge is -2.09. The van der Waals surface area contributed by atoms with Gasteiger partial charge in [0, 0.05) is 18.9 Å². The van der Waals surface area contributed by atoms with Crippen molar-refractivity contribution in [1.82, 2.24) is 20.8 Å². The second-order valence-corrected chi connectivity index (χ2v) is 8.19. The molecule has 6 nitrogen and oxygen atoms in total. The highest BCUT2D eigenvalue weighted by molar-refractivity contribution is 5.78. The van der Waals surface area contributed by atoms with Crippen molar-refractivity contribution >= 4 is 5.91 Å². The Morgan fingerprint density at radius 2 is 1.93 bits per heavy atom. The number of hydrogen-bond acceptors (Lipinski definition) is 5. The topological polar surface area (TPSA) is 80.0 Å². The van der Waals surface area contributed by atoms with E-state index in [-0.39, 0.29) is 5.91 Å². The van der Waals surface area contributed by atoms with Crippen molar-refractivity contribution in [2.24, 2.45) is 5.92 Å². The summed E-state index contributed by atoms with van der Waals surface area (Å²) in [7, 11) is 0. The molecule has 1 aliphatic heterocycles. The van der Waals surface area contributed by atoms with Crippen LogP contribution in [0.15, 0.2) is 28.8 Å². The predicted molar refractivity (Wildman–Crippen MR) is 107 cm³/mol. The fourth-order valence-corrected chi connectivity index (χ4v) is 4.28. The highest BCUT2D eigenvalue weighted by Gasteiger charge is 2.22. The van der Waals surface area contributed by atoms with E-state index in [0.29, 0.717) is 31.1 Å². The van der Waals surface area contributed by atoms with Crippen molar-refractivity contribution in [1.29, 1.82) is 0 Å². The van der Waals surface area contributed by atoms with E-state index in [1.807, 2.05) is 0 Å².